The van der Waals surface area contributed by atoms with Crippen molar-refractivity contribution in [3.63, 3.8) is 0 Å². The number of amides is 2. The number of alkyl carbamates (subject to hydrolysis) is 1. The van der Waals surface area contributed by atoms with Crippen molar-refractivity contribution in [1.82, 2.24) is 10.6 Å². The smallest absolute Gasteiger partial charge is 0.407 e. The largest absolute Gasteiger partial charge is 0.481 e. The molecule has 2 aromatic rings. The third-order valence-corrected chi connectivity index (χ3v) is 6.97. The van der Waals surface area contributed by atoms with Crippen LogP contribution >= 0.6 is 0 Å². The maximum atomic E-state index is 12.8. The summed E-state index contributed by atoms with van der Waals surface area (Å²) in [6.45, 7) is 2.38. The first-order chi connectivity index (χ1) is 15.9. The fourth-order valence-electron chi connectivity index (χ4n) is 5.10. The van der Waals surface area contributed by atoms with Crippen molar-refractivity contribution in [3.05, 3.63) is 59.7 Å². The maximum Gasteiger partial charge on any atom is 0.407 e. The zero-order valence-electron chi connectivity index (χ0n) is 18.8. The third kappa shape index (κ3) is 4.72. The van der Waals surface area contributed by atoms with Gasteiger partial charge in [0.25, 0.3) is 0 Å². The minimum Gasteiger partial charge on any atom is -0.481 e. The van der Waals surface area contributed by atoms with Crippen molar-refractivity contribution in [2.24, 2.45) is 5.41 Å². The van der Waals surface area contributed by atoms with Gasteiger partial charge in [-0.15, -0.1) is 0 Å². The van der Waals surface area contributed by atoms with Gasteiger partial charge in [0.15, 0.2) is 0 Å². The van der Waals surface area contributed by atoms with Crippen LogP contribution < -0.4 is 10.6 Å². The number of carboxylic acids is 1. The molecule has 3 N–H and O–H groups in total. The fourth-order valence-corrected chi connectivity index (χ4v) is 5.10. The molecule has 1 saturated carbocycles. The van der Waals surface area contributed by atoms with Crippen molar-refractivity contribution in [2.45, 2.75) is 51.0 Å². The number of nitrogens with one attached hydrogen (secondary N) is 2. The molecule has 2 aromatic carbocycles. The third-order valence-electron chi connectivity index (χ3n) is 6.97. The average molecular weight is 451 g/mol. The van der Waals surface area contributed by atoms with Gasteiger partial charge in [0.05, 0.1) is 5.41 Å². The molecule has 2 atom stereocenters. The molecule has 7 heteroatoms. The van der Waals surface area contributed by atoms with Crippen LogP contribution in [0.4, 0.5) is 4.79 Å². The van der Waals surface area contributed by atoms with Crippen molar-refractivity contribution < 1.29 is 24.2 Å². The molecule has 2 unspecified atom stereocenters. The first kappa shape index (κ1) is 22.8. The summed E-state index contributed by atoms with van der Waals surface area (Å²) in [4.78, 5) is 36.1. The maximum absolute atomic E-state index is 12.8. The Hall–Kier alpha value is -3.35. The molecule has 0 heterocycles. The second kappa shape index (κ2) is 9.65. The highest BCUT2D eigenvalue weighted by Gasteiger charge is 2.45. The Labute approximate surface area is 193 Å². The standard InChI is InChI=1S/C26H30N2O5/c1-26(24(31)27-15-7-13-23(29)30)14-6-12-22(26)28-25(32)33-16-21-19-10-4-2-8-17(19)18-9-3-5-11-20(18)21/h2-5,8-11,21-22H,6-7,12-16H2,1H3,(H,27,31)(H,28,32)(H,29,30). The van der Waals surface area contributed by atoms with Gasteiger partial charge in [0, 0.05) is 24.9 Å². The van der Waals surface area contributed by atoms with Crippen LogP contribution in [0.25, 0.3) is 11.1 Å². The number of ether oxygens (including phenoxy) is 1. The number of rotatable bonds is 8. The van der Waals surface area contributed by atoms with Crippen LogP contribution in [0, 0.1) is 5.41 Å². The summed E-state index contributed by atoms with van der Waals surface area (Å²) in [5.74, 6) is -1.06. The van der Waals surface area contributed by atoms with E-state index in [-0.39, 0.29) is 30.9 Å². The van der Waals surface area contributed by atoms with E-state index < -0.39 is 17.5 Å². The van der Waals surface area contributed by atoms with Gasteiger partial charge < -0.3 is 20.5 Å². The molecule has 0 bridgehead atoms. The molecular weight excluding hydrogens is 420 g/mol. The monoisotopic (exact) mass is 450 g/mol. The Balaban J connectivity index is 1.35. The highest BCUT2D eigenvalue weighted by molar-refractivity contribution is 5.84. The van der Waals surface area contributed by atoms with Crippen LogP contribution in [0.3, 0.4) is 0 Å². The molecule has 2 aliphatic rings. The Kier molecular flexibility index (Phi) is 6.67. The lowest BCUT2D eigenvalue weighted by Crippen LogP contribution is -2.51. The number of hydrogen-bond donors (Lipinski definition) is 3. The van der Waals surface area contributed by atoms with E-state index in [4.69, 9.17) is 9.84 Å². The minimum absolute atomic E-state index is 0.0123. The first-order valence-corrected chi connectivity index (χ1v) is 11.5. The summed E-state index contributed by atoms with van der Waals surface area (Å²) < 4.78 is 5.65. The van der Waals surface area contributed by atoms with E-state index in [2.05, 4.69) is 34.9 Å². The second-order valence-corrected chi connectivity index (χ2v) is 9.09. The zero-order valence-corrected chi connectivity index (χ0v) is 18.8. The lowest BCUT2D eigenvalue weighted by Gasteiger charge is -2.30. The van der Waals surface area contributed by atoms with Crippen LogP contribution in [-0.4, -0.2) is 42.3 Å². The summed E-state index contributed by atoms with van der Waals surface area (Å²) >= 11 is 0. The lowest BCUT2D eigenvalue weighted by molar-refractivity contribution is -0.137. The Bertz CT molecular complexity index is 1010. The second-order valence-electron chi connectivity index (χ2n) is 9.09. The van der Waals surface area contributed by atoms with E-state index >= 15 is 0 Å². The van der Waals surface area contributed by atoms with E-state index in [1.807, 2.05) is 31.2 Å². The van der Waals surface area contributed by atoms with E-state index in [0.29, 0.717) is 25.8 Å². The van der Waals surface area contributed by atoms with E-state index in [9.17, 15) is 14.4 Å². The van der Waals surface area contributed by atoms with E-state index in [1.54, 1.807) is 0 Å². The zero-order chi connectivity index (χ0) is 23.4. The van der Waals surface area contributed by atoms with Crippen LogP contribution in [0.15, 0.2) is 48.5 Å². The van der Waals surface area contributed by atoms with Gasteiger partial charge in [-0.25, -0.2) is 4.79 Å². The van der Waals surface area contributed by atoms with Gasteiger partial charge >= 0.3 is 12.1 Å². The molecule has 4 rings (SSSR count). The van der Waals surface area contributed by atoms with E-state index in [0.717, 1.165) is 17.5 Å². The Morgan fingerprint density at radius 1 is 1.06 bits per heavy atom. The average Bonchev–Trinajstić information content (AvgIpc) is 3.33. The first-order valence-electron chi connectivity index (χ1n) is 11.5. The predicted octanol–water partition coefficient (Wildman–Crippen LogP) is 4.06. The van der Waals surface area contributed by atoms with Crippen molar-refractivity contribution in [3.8, 4) is 11.1 Å². The highest BCUT2D eigenvalue weighted by atomic mass is 16.5. The molecule has 2 amide bonds. The molecule has 33 heavy (non-hydrogen) atoms. The topological polar surface area (TPSA) is 105 Å². The normalized spacial score (nSPS) is 21.2. The molecule has 0 spiro atoms. The molecule has 0 radical (unpaired) electrons. The molecule has 0 aliphatic heterocycles. The number of carbonyl (C=O) groups excluding carboxylic acids is 2. The summed E-state index contributed by atoms with van der Waals surface area (Å²) in [6, 6.07) is 16.0. The molecule has 7 nitrogen and oxygen atoms in total. The summed E-state index contributed by atoms with van der Waals surface area (Å²) in [5, 5.41) is 14.5. The number of hydrogen-bond acceptors (Lipinski definition) is 4. The highest BCUT2D eigenvalue weighted by Crippen LogP contribution is 2.44. The number of carboxylic acid groups (broad SMARTS) is 1. The fraction of sp³-hybridized carbons (Fsp3) is 0.423. The van der Waals surface area contributed by atoms with Gasteiger partial charge in [0.2, 0.25) is 5.91 Å². The summed E-state index contributed by atoms with van der Waals surface area (Å²) in [5.41, 5.74) is 3.90. The van der Waals surface area contributed by atoms with Gasteiger partial charge in [-0.3, -0.25) is 9.59 Å². The van der Waals surface area contributed by atoms with Crippen LogP contribution in [0.1, 0.15) is 56.1 Å². The predicted molar refractivity (Wildman–Crippen MR) is 124 cm³/mol. The Morgan fingerprint density at radius 2 is 1.70 bits per heavy atom. The minimum atomic E-state index is -0.883. The number of benzene rings is 2. The van der Waals surface area contributed by atoms with Crippen molar-refractivity contribution >= 4 is 18.0 Å². The quantitative estimate of drug-likeness (QED) is 0.526. The molecular formula is C26H30N2O5. The van der Waals surface area contributed by atoms with Gasteiger partial charge in [-0.1, -0.05) is 55.0 Å². The summed E-state index contributed by atoms with van der Waals surface area (Å²) in [7, 11) is 0. The van der Waals surface area contributed by atoms with Gasteiger partial charge in [-0.2, -0.15) is 0 Å². The molecule has 0 aromatic heterocycles. The van der Waals surface area contributed by atoms with E-state index in [1.165, 1.54) is 11.1 Å². The van der Waals surface area contributed by atoms with Gasteiger partial charge in [-0.05, 0) is 48.4 Å². The Morgan fingerprint density at radius 3 is 2.33 bits per heavy atom. The van der Waals surface area contributed by atoms with Crippen molar-refractivity contribution in [1.29, 1.82) is 0 Å². The number of fused-ring (bicyclic) bond motifs is 3. The summed E-state index contributed by atoms with van der Waals surface area (Å²) in [6.07, 6.45) is 2.05. The van der Waals surface area contributed by atoms with Crippen LogP contribution in [0.5, 0.6) is 0 Å². The van der Waals surface area contributed by atoms with Gasteiger partial charge in [0.1, 0.15) is 6.61 Å². The molecule has 174 valence electrons. The number of carbonyl (C=O) groups is 3. The van der Waals surface area contributed by atoms with Crippen LogP contribution in [-0.2, 0) is 14.3 Å². The lowest BCUT2D eigenvalue weighted by atomic mass is 9.83. The van der Waals surface area contributed by atoms with Crippen molar-refractivity contribution in [2.75, 3.05) is 13.2 Å². The SMILES string of the molecule is CC1(C(=O)NCCCC(=O)O)CCCC1NC(=O)OCC1c2ccccc2-c2ccccc21. The molecule has 1 fully saturated rings. The number of aliphatic carboxylic acids is 1. The molecule has 0 saturated heterocycles. The van der Waals surface area contributed by atoms with Crippen LogP contribution in [0.2, 0.25) is 0 Å². The molecule has 2 aliphatic carbocycles.